The first kappa shape index (κ1) is 22.1. The molecule has 27 heavy (non-hydrogen) atoms. The molecular weight excluding hydrogens is 385 g/mol. The second-order valence-electron chi connectivity index (χ2n) is 7.62. The van der Waals surface area contributed by atoms with Gasteiger partial charge < -0.3 is 19.9 Å². The van der Waals surface area contributed by atoms with Crippen molar-refractivity contribution in [3.8, 4) is 5.75 Å². The lowest BCUT2D eigenvalue weighted by Gasteiger charge is -2.37. The van der Waals surface area contributed by atoms with Gasteiger partial charge in [-0.15, -0.1) is 24.8 Å². The van der Waals surface area contributed by atoms with Gasteiger partial charge in [-0.2, -0.15) is 0 Å². The second-order valence-corrected chi connectivity index (χ2v) is 7.62. The monoisotopic (exact) mass is 415 g/mol. The number of nitrogens with one attached hydrogen (secondary N) is 1. The summed E-state index contributed by atoms with van der Waals surface area (Å²) in [7, 11) is 1.70. The molecule has 2 saturated heterocycles. The molecule has 0 aromatic heterocycles. The minimum absolute atomic E-state index is 0. The van der Waals surface area contributed by atoms with Gasteiger partial charge in [0, 0.05) is 44.0 Å². The Morgan fingerprint density at radius 3 is 2.56 bits per heavy atom. The minimum atomic E-state index is 0. The number of piperazine rings is 1. The zero-order valence-electron chi connectivity index (χ0n) is 15.9. The van der Waals surface area contributed by atoms with Gasteiger partial charge in [-0.1, -0.05) is 18.9 Å². The summed E-state index contributed by atoms with van der Waals surface area (Å²) in [4.78, 5) is 17.3. The molecule has 3 unspecified atom stereocenters. The van der Waals surface area contributed by atoms with Gasteiger partial charge in [-0.05, 0) is 37.3 Å². The van der Waals surface area contributed by atoms with Crippen LogP contribution in [0.25, 0.3) is 0 Å². The van der Waals surface area contributed by atoms with Crippen LogP contribution in [0.15, 0.2) is 24.3 Å². The number of hydrogen-bond acceptors (Lipinski definition) is 4. The zero-order chi connectivity index (χ0) is 17.2. The molecule has 152 valence electrons. The SMILES string of the molecule is COc1cccc(N2CCN(C(=O)C3CC4CCCCC4N3)CC2)c1.Cl.Cl. The highest BCUT2D eigenvalue weighted by Gasteiger charge is 2.40. The quantitative estimate of drug-likeness (QED) is 0.823. The van der Waals surface area contributed by atoms with E-state index >= 15 is 0 Å². The van der Waals surface area contributed by atoms with Crippen LogP contribution in [0.5, 0.6) is 5.75 Å². The van der Waals surface area contributed by atoms with Crippen molar-refractivity contribution >= 4 is 36.4 Å². The molecule has 0 spiro atoms. The van der Waals surface area contributed by atoms with Gasteiger partial charge in [0.25, 0.3) is 0 Å². The van der Waals surface area contributed by atoms with Gasteiger partial charge in [-0.3, -0.25) is 4.79 Å². The first-order chi connectivity index (χ1) is 12.2. The lowest BCUT2D eigenvalue weighted by Crippen LogP contribution is -2.53. The Labute approximate surface area is 174 Å². The summed E-state index contributed by atoms with van der Waals surface area (Å²) in [5, 5.41) is 3.63. The molecule has 1 aromatic rings. The molecule has 0 radical (unpaired) electrons. The number of fused-ring (bicyclic) bond motifs is 1. The highest BCUT2D eigenvalue weighted by atomic mass is 35.5. The average Bonchev–Trinajstić information content (AvgIpc) is 3.12. The summed E-state index contributed by atoms with van der Waals surface area (Å²) < 4.78 is 5.32. The van der Waals surface area contributed by atoms with Gasteiger partial charge in [-0.25, -0.2) is 0 Å². The minimum Gasteiger partial charge on any atom is -0.497 e. The molecule has 1 amide bonds. The molecule has 5 nitrogen and oxygen atoms in total. The van der Waals surface area contributed by atoms with Crippen LogP contribution >= 0.6 is 24.8 Å². The molecule has 1 N–H and O–H groups in total. The van der Waals surface area contributed by atoms with E-state index in [0.717, 1.165) is 44.3 Å². The molecule has 3 aliphatic rings. The number of anilines is 1. The fraction of sp³-hybridized carbons (Fsp3) is 0.650. The Kier molecular flexibility index (Phi) is 8.07. The zero-order valence-corrected chi connectivity index (χ0v) is 17.6. The Hall–Kier alpha value is -1.17. The van der Waals surface area contributed by atoms with E-state index in [0.29, 0.717) is 11.9 Å². The highest BCUT2D eigenvalue weighted by molar-refractivity contribution is 5.85. The molecule has 1 aliphatic carbocycles. The van der Waals surface area contributed by atoms with E-state index in [2.05, 4.69) is 27.2 Å². The molecule has 7 heteroatoms. The van der Waals surface area contributed by atoms with E-state index < -0.39 is 0 Å². The number of methoxy groups -OCH3 is 1. The highest BCUT2D eigenvalue weighted by Crippen LogP contribution is 2.34. The Morgan fingerprint density at radius 1 is 1.11 bits per heavy atom. The maximum Gasteiger partial charge on any atom is 0.239 e. The van der Waals surface area contributed by atoms with Crippen LogP contribution in [0.4, 0.5) is 5.69 Å². The summed E-state index contributed by atoms with van der Waals surface area (Å²) in [5.74, 6) is 1.93. The predicted octanol–water partition coefficient (Wildman–Crippen LogP) is 3.11. The molecule has 2 aliphatic heterocycles. The molecule has 0 bridgehead atoms. The van der Waals surface area contributed by atoms with E-state index in [9.17, 15) is 4.79 Å². The van der Waals surface area contributed by atoms with Crippen molar-refractivity contribution in [2.24, 2.45) is 5.92 Å². The van der Waals surface area contributed by atoms with E-state index in [4.69, 9.17) is 4.74 Å². The fourth-order valence-corrected chi connectivity index (χ4v) is 4.72. The Bertz CT molecular complexity index is 609. The van der Waals surface area contributed by atoms with E-state index in [-0.39, 0.29) is 30.9 Å². The van der Waals surface area contributed by atoms with Crippen LogP contribution in [0.3, 0.4) is 0 Å². The Balaban J connectivity index is 0.00000131. The van der Waals surface area contributed by atoms with Crippen LogP contribution in [0.2, 0.25) is 0 Å². The molecule has 4 rings (SSSR count). The fourth-order valence-electron chi connectivity index (χ4n) is 4.72. The first-order valence-corrected chi connectivity index (χ1v) is 9.68. The number of carbonyl (C=O) groups is 1. The first-order valence-electron chi connectivity index (χ1n) is 9.68. The maximum atomic E-state index is 12.9. The summed E-state index contributed by atoms with van der Waals surface area (Å²) >= 11 is 0. The van der Waals surface area contributed by atoms with Gasteiger partial charge in [0.15, 0.2) is 0 Å². The van der Waals surface area contributed by atoms with Crippen molar-refractivity contribution in [2.75, 3.05) is 38.2 Å². The topological polar surface area (TPSA) is 44.8 Å². The predicted molar refractivity (Wildman–Crippen MR) is 114 cm³/mol. The van der Waals surface area contributed by atoms with E-state index in [1.54, 1.807) is 7.11 Å². The van der Waals surface area contributed by atoms with Crippen LogP contribution in [0, 0.1) is 5.92 Å². The molecule has 3 fully saturated rings. The number of benzene rings is 1. The van der Waals surface area contributed by atoms with Crippen molar-refractivity contribution in [1.29, 1.82) is 0 Å². The van der Waals surface area contributed by atoms with E-state index in [1.807, 2.05) is 12.1 Å². The summed E-state index contributed by atoms with van der Waals surface area (Å²) in [6.45, 7) is 3.39. The van der Waals surface area contributed by atoms with Gasteiger partial charge in [0.05, 0.1) is 13.2 Å². The maximum absolute atomic E-state index is 12.9. The van der Waals surface area contributed by atoms with Crippen molar-refractivity contribution in [1.82, 2.24) is 10.2 Å². The van der Waals surface area contributed by atoms with E-state index in [1.165, 1.54) is 31.4 Å². The number of hydrogen-bond donors (Lipinski definition) is 1. The third kappa shape index (κ3) is 4.82. The van der Waals surface area contributed by atoms with Gasteiger partial charge in [0.1, 0.15) is 5.75 Å². The van der Waals surface area contributed by atoms with Crippen molar-refractivity contribution in [3.63, 3.8) is 0 Å². The molecular formula is C20H31Cl2N3O2. The third-order valence-electron chi connectivity index (χ3n) is 6.17. The van der Waals surface area contributed by atoms with Gasteiger partial charge in [0.2, 0.25) is 5.91 Å². The van der Waals surface area contributed by atoms with Crippen LogP contribution in [-0.4, -0.2) is 56.2 Å². The standard InChI is InChI=1S/C20H29N3O2.2ClH/c1-25-17-7-4-6-16(14-17)22-9-11-23(12-10-22)20(24)19-13-15-5-2-3-8-18(15)21-19;;/h4,6-7,14-15,18-19,21H,2-3,5,8-13H2,1H3;2*1H. The van der Waals surface area contributed by atoms with Gasteiger partial charge >= 0.3 is 0 Å². The third-order valence-corrected chi connectivity index (χ3v) is 6.17. The summed E-state index contributed by atoms with van der Waals surface area (Å²) in [6.07, 6.45) is 6.24. The van der Waals surface area contributed by atoms with Crippen molar-refractivity contribution in [2.45, 2.75) is 44.2 Å². The number of carbonyl (C=O) groups excluding carboxylic acids is 1. The molecule has 3 atom stereocenters. The molecule has 1 aromatic carbocycles. The smallest absolute Gasteiger partial charge is 0.239 e. The number of halogens is 2. The van der Waals surface area contributed by atoms with Crippen LogP contribution in [-0.2, 0) is 4.79 Å². The largest absolute Gasteiger partial charge is 0.497 e. The van der Waals surface area contributed by atoms with Crippen LogP contribution < -0.4 is 15.0 Å². The lowest BCUT2D eigenvalue weighted by atomic mass is 9.85. The number of rotatable bonds is 3. The normalized spacial score (nSPS) is 27.2. The van der Waals surface area contributed by atoms with Crippen molar-refractivity contribution < 1.29 is 9.53 Å². The average molecular weight is 416 g/mol. The Morgan fingerprint density at radius 2 is 1.85 bits per heavy atom. The number of ether oxygens (including phenoxy) is 1. The molecule has 1 saturated carbocycles. The van der Waals surface area contributed by atoms with Crippen LogP contribution in [0.1, 0.15) is 32.1 Å². The number of nitrogens with zero attached hydrogens (tertiary/aromatic N) is 2. The lowest BCUT2D eigenvalue weighted by molar-refractivity contribution is -0.133. The molecule has 2 heterocycles. The summed E-state index contributed by atoms with van der Waals surface area (Å²) in [6, 6.07) is 8.81. The van der Waals surface area contributed by atoms with Crippen molar-refractivity contribution in [3.05, 3.63) is 24.3 Å². The second kappa shape index (κ2) is 9.85. The summed E-state index contributed by atoms with van der Waals surface area (Å²) in [5.41, 5.74) is 1.18. The number of amides is 1.